The zero-order chi connectivity index (χ0) is 22.5. The van der Waals surface area contributed by atoms with E-state index in [9.17, 15) is 9.59 Å². The van der Waals surface area contributed by atoms with Crippen molar-refractivity contribution in [3.8, 4) is 5.75 Å². The molecular weight excluding hydrogens is 428 g/mol. The number of hydrogen-bond donors (Lipinski definition) is 1. The molecule has 1 heterocycles. The van der Waals surface area contributed by atoms with Gasteiger partial charge in [-0.2, -0.15) is 0 Å². The first-order valence-corrected chi connectivity index (χ1v) is 11.3. The predicted molar refractivity (Wildman–Crippen MR) is 123 cm³/mol. The number of nitrogens with one attached hydrogen (secondary N) is 1. The van der Waals surface area contributed by atoms with Gasteiger partial charge in [0.25, 0.3) is 5.91 Å². The SMILES string of the molecule is COc1ccc(/C=C2\OC3CCCCC3N(CC(=O)NCc3ccc(Cl)cc3)C2=O)cc1. The Morgan fingerprint density at radius 2 is 1.88 bits per heavy atom. The molecule has 1 N–H and O–H groups in total. The van der Waals surface area contributed by atoms with E-state index < -0.39 is 0 Å². The van der Waals surface area contributed by atoms with Crippen LogP contribution in [0.5, 0.6) is 5.75 Å². The molecule has 0 bridgehead atoms. The van der Waals surface area contributed by atoms with Crippen molar-refractivity contribution in [1.29, 1.82) is 0 Å². The molecule has 2 fully saturated rings. The summed E-state index contributed by atoms with van der Waals surface area (Å²) in [5.74, 6) is 0.590. The Balaban J connectivity index is 1.47. The molecule has 1 saturated heterocycles. The van der Waals surface area contributed by atoms with Crippen LogP contribution in [0.1, 0.15) is 36.8 Å². The minimum Gasteiger partial charge on any atom is -0.497 e. The van der Waals surface area contributed by atoms with Crippen LogP contribution in [0.25, 0.3) is 6.08 Å². The number of rotatable bonds is 6. The van der Waals surface area contributed by atoms with Crippen LogP contribution in [0.3, 0.4) is 0 Å². The molecule has 4 rings (SSSR count). The van der Waals surface area contributed by atoms with Crippen LogP contribution in [0.2, 0.25) is 5.02 Å². The summed E-state index contributed by atoms with van der Waals surface area (Å²) >= 11 is 5.92. The second-order valence-corrected chi connectivity index (χ2v) is 8.56. The van der Waals surface area contributed by atoms with Crippen LogP contribution in [0.4, 0.5) is 0 Å². The van der Waals surface area contributed by atoms with E-state index in [4.69, 9.17) is 21.1 Å². The Morgan fingerprint density at radius 3 is 2.59 bits per heavy atom. The summed E-state index contributed by atoms with van der Waals surface area (Å²) in [5.41, 5.74) is 1.79. The molecule has 2 unspecified atom stereocenters. The van der Waals surface area contributed by atoms with Gasteiger partial charge in [-0.15, -0.1) is 0 Å². The van der Waals surface area contributed by atoms with Gasteiger partial charge >= 0.3 is 0 Å². The number of fused-ring (bicyclic) bond motifs is 1. The van der Waals surface area contributed by atoms with Gasteiger partial charge in [0, 0.05) is 11.6 Å². The summed E-state index contributed by atoms with van der Waals surface area (Å²) in [7, 11) is 1.61. The van der Waals surface area contributed by atoms with Crippen molar-refractivity contribution >= 4 is 29.5 Å². The molecule has 2 amide bonds. The number of hydrogen-bond acceptors (Lipinski definition) is 4. The first-order valence-electron chi connectivity index (χ1n) is 10.9. The fraction of sp³-hybridized carbons (Fsp3) is 0.360. The second kappa shape index (κ2) is 10.1. The summed E-state index contributed by atoms with van der Waals surface area (Å²) in [4.78, 5) is 27.7. The number of methoxy groups -OCH3 is 1. The number of ether oxygens (including phenoxy) is 2. The lowest BCUT2D eigenvalue weighted by Crippen LogP contribution is -2.57. The van der Waals surface area contributed by atoms with Gasteiger partial charge in [0.2, 0.25) is 5.91 Å². The van der Waals surface area contributed by atoms with Gasteiger partial charge in [-0.25, -0.2) is 0 Å². The van der Waals surface area contributed by atoms with Crippen LogP contribution in [-0.4, -0.2) is 42.5 Å². The highest BCUT2D eigenvalue weighted by Gasteiger charge is 2.42. The van der Waals surface area contributed by atoms with Crippen molar-refractivity contribution < 1.29 is 19.1 Å². The lowest BCUT2D eigenvalue weighted by Gasteiger charge is -2.44. The van der Waals surface area contributed by atoms with Crippen LogP contribution in [0.15, 0.2) is 54.3 Å². The maximum Gasteiger partial charge on any atom is 0.289 e. The first-order chi connectivity index (χ1) is 15.5. The Bertz CT molecular complexity index is 988. The molecule has 2 atom stereocenters. The molecule has 2 aromatic carbocycles. The van der Waals surface area contributed by atoms with Gasteiger partial charge in [-0.3, -0.25) is 9.59 Å². The molecule has 2 aliphatic rings. The Kier molecular flexibility index (Phi) is 7.00. The average Bonchev–Trinajstić information content (AvgIpc) is 2.82. The lowest BCUT2D eigenvalue weighted by atomic mass is 9.89. The van der Waals surface area contributed by atoms with Crippen LogP contribution < -0.4 is 10.1 Å². The molecule has 0 radical (unpaired) electrons. The second-order valence-electron chi connectivity index (χ2n) is 8.13. The normalized spacial score (nSPS) is 21.6. The van der Waals surface area contributed by atoms with Crippen molar-refractivity contribution in [3.63, 3.8) is 0 Å². The third-order valence-electron chi connectivity index (χ3n) is 5.95. The van der Waals surface area contributed by atoms with Gasteiger partial charge in [0.05, 0.1) is 13.2 Å². The lowest BCUT2D eigenvalue weighted by molar-refractivity contribution is -0.151. The van der Waals surface area contributed by atoms with Gasteiger partial charge in [-0.1, -0.05) is 42.3 Å². The topological polar surface area (TPSA) is 67.9 Å². The molecule has 0 aromatic heterocycles. The molecule has 32 heavy (non-hydrogen) atoms. The van der Waals surface area contributed by atoms with E-state index in [1.165, 1.54) is 0 Å². The van der Waals surface area contributed by atoms with Crippen molar-refractivity contribution in [2.45, 2.75) is 44.4 Å². The van der Waals surface area contributed by atoms with Gasteiger partial charge in [-0.05, 0) is 60.7 Å². The summed E-state index contributed by atoms with van der Waals surface area (Å²) in [6, 6.07) is 14.7. The van der Waals surface area contributed by atoms with Crippen molar-refractivity contribution in [2.75, 3.05) is 13.7 Å². The van der Waals surface area contributed by atoms with E-state index in [-0.39, 0.29) is 36.3 Å². The quantitative estimate of drug-likeness (QED) is 0.665. The van der Waals surface area contributed by atoms with Crippen molar-refractivity contribution in [1.82, 2.24) is 10.2 Å². The molecule has 2 aromatic rings. The molecule has 0 spiro atoms. The van der Waals surface area contributed by atoms with Gasteiger partial charge in [0.15, 0.2) is 5.76 Å². The molecular formula is C25H27ClN2O4. The maximum atomic E-state index is 13.3. The predicted octanol–water partition coefficient (Wildman–Crippen LogP) is 4.18. The van der Waals surface area contributed by atoms with E-state index in [1.807, 2.05) is 36.4 Å². The highest BCUT2D eigenvalue weighted by atomic mass is 35.5. The standard InChI is InChI=1S/C25H27ClN2O4/c1-31-20-12-8-17(9-13-20)14-23-25(30)28(21-4-2-3-5-22(21)32-23)16-24(29)27-15-18-6-10-19(26)11-7-18/h6-14,21-22H,2-5,15-16H2,1H3,(H,27,29)/b23-14-. The molecule has 1 aliphatic heterocycles. The van der Waals surface area contributed by atoms with E-state index in [2.05, 4.69) is 5.32 Å². The smallest absolute Gasteiger partial charge is 0.289 e. The highest BCUT2D eigenvalue weighted by Crippen LogP contribution is 2.33. The fourth-order valence-corrected chi connectivity index (χ4v) is 4.35. The van der Waals surface area contributed by atoms with Gasteiger partial charge < -0.3 is 19.7 Å². The zero-order valence-electron chi connectivity index (χ0n) is 18.1. The summed E-state index contributed by atoms with van der Waals surface area (Å²) in [5, 5.41) is 3.56. The first kappa shape index (κ1) is 22.2. The molecule has 7 heteroatoms. The number of benzene rings is 2. The fourth-order valence-electron chi connectivity index (χ4n) is 4.23. The van der Waals surface area contributed by atoms with Crippen molar-refractivity contribution in [3.05, 3.63) is 70.4 Å². The largest absolute Gasteiger partial charge is 0.497 e. The Hall–Kier alpha value is -2.99. The minimum absolute atomic E-state index is 0.0108. The minimum atomic E-state index is -0.245. The Morgan fingerprint density at radius 1 is 1.16 bits per heavy atom. The maximum absolute atomic E-state index is 13.3. The molecule has 168 valence electrons. The molecule has 1 aliphatic carbocycles. The number of nitrogens with zero attached hydrogens (tertiary/aromatic N) is 1. The van der Waals surface area contributed by atoms with Crippen LogP contribution in [0, 0.1) is 0 Å². The van der Waals surface area contributed by atoms with E-state index in [1.54, 1.807) is 30.2 Å². The van der Waals surface area contributed by atoms with Crippen LogP contribution in [-0.2, 0) is 20.9 Å². The summed E-state index contributed by atoms with van der Waals surface area (Å²) in [6.45, 7) is 0.397. The summed E-state index contributed by atoms with van der Waals surface area (Å²) in [6.07, 6.45) is 5.46. The highest BCUT2D eigenvalue weighted by molar-refractivity contribution is 6.30. The molecule has 6 nitrogen and oxygen atoms in total. The monoisotopic (exact) mass is 454 g/mol. The number of halogens is 1. The number of morpholine rings is 1. The van der Waals surface area contributed by atoms with Crippen LogP contribution >= 0.6 is 11.6 Å². The number of carbonyl (C=O) groups excluding carboxylic acids is 2. The number of amides is 2. The van der Waals surface area contributed by atoms with E-state index >= 15 is 0 Å². The van der Waals surface area contributed by atoms with Gasteiger partial charge in [0.1, 0.15) is 18.4 Å². The summed E-state index contributed by atoms with van der Waals surface area (Å²) < 4.78 is 11.3. The number of carbonyl (C=O) groups is 2. The van der Waals surface area contributed by atoms with Crippen molar-refractivity contribution in [2.24, 2.45) is 0 Å². The van der Waals surface area contributed by atoms with E-state index in [0.29, 0.717) is 11.6 Å². The molecule has 1 saturated carbocycles. The Labute approximate surface area is 193 Å². The zero-order valence-corrected chi connectivity index (χ0v) is 18.8. The van der Waals surface area contributed by atoms with E-state index in [0.717, 1.165) is 42.6 Å². The third kappa shape index (κ3) is 5.25. The third-order valence-corrected chi connectivity index (χ3v) is 6.20. The average molecular weight is 455 g/mol.